The number of benzene rings is 3. The van der Waals surface area contributed by atoms with E-state index in [1.807, 2.05) is 12.1 Å². The summed E-state index contributed by atoms with van der Waals surface area (Å²) >= 11 is 0. The first-order chi connectivity index (χ1) is 22.1. The zero-order valence-corrected chi connectivity index (χ0v) is 33.0. The van der Waals surface area contributed by atoms with Crippen molar-refractivity contribution >= 4 is 28.3 Å². The van der Waals surface area contributed by atoms with Crippen molar-refractivity contribution in [1.82, 2.24) is 0 Å². The largest absolute Gasteiger partial charge is 0.359 e. The van der Waals surface area contributed by atoms with Gasteiger partial charge in [-0.15, -0.1) is 5.54 Å². The number of fused-ring (bicyclic) bond motifs is 2. The molecule has 1 unspecified atom stereocenters. The van der Waals surface area contributed by atoms with Crippen LogP contribution in [0.15, 0.2) is 72.8 Å². The Hall–Kier alpha value is -3.22. The third-order valence-corrected chi connectivity index (χ3v) is 23.7. The fourth-order valence-corrected chi connectivity index (χ4v) is 19.2. The van der Waals surface area contributed by atoms with Gasteiger partial charge in [0.15, 0.2) is 8.07 Å². The molecule has 3 aromatic rings. The van der Waals surface area contributed by atoms with Crippen LogP contribution in [0.5, 0.6) is 0 Å². The van der Waals surface area contributed by atoms with Crippen LogP contribution in [0.25, 0.3) is 12.2 Å². The highest BCUT2D eigenvalue weighted by molar-refractivity contribution is 6.91. The Bertz CT molecular complexity index is 1640. The summed E-state index contributed by atoms with van der Waals surface area (Å²) < 4.78 is 0. The lowest BCUT2D eigenvalue weighted by molar-refractivity contribution is 0.142. The quantitative estimate of drug-likeness (QED) is 0.111. The van der Waals surface area contributed by atoms with Crippen LogP contribution >= 0.6 is 0 Å². The highest BCUT2D eigenvalue weighted by Gasteiger charge is 2.50. The highest BCUT2D eigenvalue weighted by atomic mass is 28.3. The van der Waals surface area contributed by atoms with E-state index >= 15 is 0 Å². The van der Waals surface area contributed by atoms with Gasteiger partial charge in [0.05, 0.1) is 22.3 Å². The molecule has 0 fully saturated rings. The smallest absolute Gasteiger partial charge is 0.224 e. The van der Waals surface area contributed by atoms with Crippen molar-refractivity contribution in [3.05, 3.63) is 112 Å². The second-order valence-corrected chi connectivity index (χ2v) is 26.6. The molecule has 0 saturated carbocycles. The topological polar surface area (TPSA) is 20.2 Å². The van der Waals surface area contributed by atoms with Gasteiger partial charge in [-0.2, -0.15) is 0 Å². The van der Waals surface area contributed by atoms with E-state index in [-0.39, 0.29) is 0 Å². The monoisotopic (exact) mass is 657 g/mol. The van der Waals surface area contributed by atoms with E-state index in [2.05, 4.69) is 179 Å². The second-order valence-electron chi connectivity index (χ2n) is 15.5. The number of rotatable bonds is 8. The summed E-state index contributed by atoms with van der Waals surface area (Å²) in [6, 6.07) is 25.2. The first kappa shape index (κ1) is 36.6. The van der Waals surface area contributed by atoms with Crippen LogP contribution in [0.1, 0.15) is 116 Å². The van der Waals surface area contributed by atoms with Crippen molar-refractivity contribution in [1.29, 1.82) is 0 Å². The van der Waals surface area contributed by atoms with Gasteiger partial charge in [0.2, 0.25) is 5.60 Å². The Morgan fingerprint density at radius 1 is 0.553 bits per heavy atom. The molecule has 0 amide bonds. The SMILES string of the molecule is CC(C)[Si](C#C[C+]1c2ccccc2C(O)(C#C[Si](C(C)C)(C(C)C)C(C)C)c2cc(/C=C/c3ccccc3)ccc21)(C(C)C)C(C)C. The van der Waals surface area contributed by atoms with Gasteiger partial charge in [0, 0.05) is 5.92 Å². The summed E-state index contributed by atoms with van der Waals surface area (Å²) in [7, 11) is -4.14. The van der Waals surface area contributed by atoms with E-state index in [9.17, 15) is 5.11 Å². The molecule has 1 nitrogen and oxygen atoms in total. The van der Waals surface area contributed by atoms with Crippen molar-refractivity contribution < 1.29 is 5.11 Å². The average Bonchev–Trinajstić information content (AvgIpc) is 3.01. The van der Waals surface area contributed by atoms with Gasteiger partial charge in [-0.05, 0) is 86.8 Å². The first-order valence-corrected chi connectivity index (χ1v) is 22.2. The first-order valence-electron chi connectivity index (χ1n) is 17.8. The molecule has 4 rings (SSSR count). The van der Waals surface area contributed by atoms with E-state index in [1.54, 1.807) is 0 Å². The van der Waals surface area contributed by atoms with Gasteiger partial charge < -0.3 is 5.11 Å². The maximum Gasteiger partial charge on any atom is 0.224 e. The zero-order valence-electron chi connectivity index (χ0n) is 31.0. The third kappa shape index (κ3) is 6.74. The summed E-state index contributed by atoms with van der Waals surface area (Å²) in [5.74, 6) is 8.47. The lowest BCUT2D eigenvalue weighted by Crippen LogP contribution is -2.44. The molecule has 0 radical (unpaired) electrons. The molecule has 0 bridgehead atoms. The fraction of sp³-hybridized carbons (Fsp3) is 0.432. The molecular formula is C44H57OSi2+. The van der Waals surface area contributed by atoms with Crippen LogP contribution in [0.2, 0.25) is 33.2 Å². The molecule has 1 aliphatic rings. The Balaban J connectivity index is 2.04. The fourth-order valence-electron chi connectivity index (χ4n) is 8.75. The lowest BCUT2D eigenvalue weighted by atomic mass is 9.70. The van der Waals surface area contributed by atoms with E-state index < -0.39 is 21.7 Å². The van der Waals surface area contributed by atoms with Gasteiger partial charge in [-0.25, -0.2) is 0 Å². The minimum atomic E-state index is -2.13. The molecule has 0 aromatic heterocycles. The van der Waals surface area contributed by atoms with Crippen molar-refractivity contribution in [2.75, 3.05) is 0 Å². The zero-order chi connectivity index (χ0) is 34.7. The highest BCUT2D eigenvalue weighted by Crippen LogP contribution is 2.48. The minimum absolute atomic E-state index is 0.464. The second kappa shape index (κ2) is 14.5. The van der Waals surface area contributed by atoms with Crippen LogP contribution in [0, 0.1) is 28.8 Å². The molecule has 0 aliphatic heterocycles. The predicted octanol–water partition coefficient (Wildman–Crippen LogP) is 11.8. The van der Waals surface area contributed by atoms with E-state index in [0.29, 0.717) is 33.2 Å². The normalized spacial score (nSPS) is 16.5. The maximum absolute atomic E-state index is 13.1. The standard InChI is InChI=1S/C44H57OSi2/c1-31(2)46(32(3)4,33(5)6)28-26-39-40-20-16-17-21-42(40)44(45,27-29-47(34(7)8,35(9)10)36(11)12)43-30-38(24-25-41(39)43)23-22-37-18-14-13-15-19-37/h13-25,30-36,45H,1-12H3/q+1/b23-22+. The summed E-state index contributed by atoms with van der Waals surface area (Å²) in [5.41, 5.74) is 15.3. The Morgan fingerprint density at radius 2 is 1.02 bits per heavy atom. The van der Waals surface area contributed by atoms with Crippen molar-refractivity contribution in [3.63, 3.8) is 0 Å². The summed E-state index contributed by atoms with van der Waals surface area (Å²) in [5, 5.41) is 13.1. The number of hydrogen-bond donors (Lipinski definition) is 1. The van der Waals surface area contributed by atoms with Gasteiger partial charge in [0.1, 0.15) is 14.0 Å². The van der Waals surface area contributed by atoms with Gasteiger partial charge in [0.25, 0.3) is 0 Å². The molecular weight excluding hydrogens is 601 g/mol. The van der Waals surface area contributed by atoms with E-state index in [0.717, 1.165) is 39.3 Å². The molecule has 1 N–H and O–H groups in total. The van der Waals surface area contributed by atoms with Gasteiger partial charge in [-0.3, -0.25) is 0 Å². The van der Waals surface area contributed by atoms with E-state index in [4.69, 9.17) is 0 Å². The molecule has 47 heavy (non-hydrogen) atoms. The summed E-state index contributed by atoms with van der Waals surface area (Å²) in [6.45, 7) is 28.2. The number of aliphatic hydroxyl groups is 1. The van der Waals surface area contributed by atoms with Crippen LogP contribution in [0.3, 0.4) is 0 Å². The molecule has 3 aromatic carbocycles. The molecule has 0 heterocycles. The van der Waals surface area contributed by atoms with Gasteiger partial charge >= 0.3 is 0 Å². The molecule has 1 atom stereocenters. The van der Waals surface area contributed by atoms with Crippen LogP contribution in [-0.4, -0.2) is 21.3 Å². The molecule has 0 saturated heterocycles. The Morgan fingerprint density at radius 3 is 1.57 bits per heavy atom. The third-order valence-electron chi connectivity index (χ3n) is 11.2. The predicted molar refractivity (Wildman–Crippen MR) is 210 cm³/mol. The van der Waals surface area contributed by atoms with Crippen molar-refractivity contribution in [2.24, 2.45) is 0 Å². The number of hydrogen-bond acceptors (Lipinski definition) is 1. The summed E-state index contributed by atoms with van der Waals surface area (Å²) in [6.07, 6.45) is 4.27. The van der Waals surface area contributed by atoms with Crippen LogP contribution < -0.4 is 0 Å². The minimum Gasteiger partial charge on any atom is -0.359 e. The van der Waals surface area contributed by atoms with E-state index in [1.165, 1.54) is 0 Å². The molecule has 246 valence electrons. The van der Waals surface area contributed by atoms with Crippen LogP contribution in [0.4, 0.5) is 0 Å². The lowest BCUT2D eigenvalue weighted by Gasteiger charge is -2.39. The van der Waals surface area contributed by atoms with Crippen molar-refractivity contribution in [2.45, 2.75) is 122 Å². The molecule has 3 heteroatoms. The van der Waals surface area contributed by atoms with Gasteiger partial charge in [-0.1, -0.05) is 137 Å². The Labute approximate surface area is 289 Å². The summed E-state index contributed by atoms with van der Waals surface area (Å²) in [4.78, 5) is 0. The molecule has 0 spiro atoms. The van der Waals surface area contributed by atoms with Crippen LogP contribution in [-0.2, 0) is 5.60 Å². The molecule has 1 aliphatic carbocycles. The maximum atomic E-state index is 13.1. The van der Waals surface area contributed by atoms with Crippen molar-refractivity contribution in [3.8, 4) is 22.9 Å². The Kier molecular flexibility index (Phi) is 11.3. The average molecular weight is 658 g/mol.